The van der Waals surface area contributed by atoms with Gasteiger partial charge in [-0.05, 0) is 50.3 Å². The van der Waals surface area contributed by atoms with Crippen LogP contribution in [0.15, 0.2) is 27.1 Å². The normalized spacial score (nSPS) is 18.2. The molecule has 7 nitrogen and oxygen atoms in total. The van der Waals surface area contributed by atoms with Crippen LogP contribution < -0.4 is 10.1 Å². The van der Waals surface area contributed by atoms with Crippen molar-refractivity contribution in [1.29, 1.82) is 0 Å². The summed E-state index contributed by atoms with van der Waals surface area (Å²) in [6.07, 6.45) is 9.23. The highest BCUT2D eigenvalue weighted by Gasteiger charge is 2.39. The number of hydrogen-bond acceptors (Lipinski definition) is 6. The van der Waals surface area contributed by atoms with E-state index in [4.69, 9.17) is 13.7 Å². The van der Waals surface area contributed by atoms with Crippen molar-refractivity contribution < 1.29 is 18.5 Å². The Morgan fingerprint density at radius 2 is 2.00 bits per heavy atom. The van der Waals surface area contributed by atoms with E-state index in [-0.39, 0.29) is 12.5 Å². The highest BCUT2D eigenvalue weighted by molar-refractivity contribution is 5.84. The summed E-state index contributed by atoms with van der Waals surface area (Å²) in [5.41, 5.74) is 1.62. The summed E-state index contributed by atoms with van der Waals surface area (Å²) in [4.78, 5) is 17.2. The molecule has 2 aliphatic rings. The Hall–Kier alpha value is -2.83. The molecule has 1 N–H and O–H groups in total. The van der Waals surface area contributed by atoms with Gasteiger partial charge in [0, 0.05) is 24.3 Å². The Labute approximate surface area is 175 Å². The number of hydrogen-bond donors (Lipinski definition) is 1. The molecule has 2 aromatic heterocycles. The third kappa shape index (κ3) is 3.57. The molecule has 1 aromatic carbocycles. The number of carbonyl (C=O) groups is 1. The van der Waals surface area contributed by atoms with Gasteiger partial charge in [0.25, 0.3) is 5.91 Å². The van der Waals surface area contributed by atoms with Crippen LogP contribution >= 0.6 is 0 Å². The summed E-state index contributed by atoms with van der Waals surface area (Å²) in [7, 11) is 0. The van der Waals surface area contributed by atoms with Gasteiger partial charge in [0.15, 0.2) is 12.4 Å². The topological polar surface area (TPSA) is 90.4 Å². The molecule has 0 spiro atoms. The molecule has 2 aliphatic carbocycles. The molecule has 5 rings (SSSR count). The first-order valence-corrected chi connectivity index (χ1v) is 10.9. The third-order valence-corrected chi connectivity index (χ3v) is 6.34. The van der Waals surface area contributed by atoms with E-state index in [9.17, 15) is 4.79 Å². The van der Waals surface area contributed by atoms with Crippen LogP contribution in [0.25, 0.3) is 11.0 Å². The van der Waals surface area contributed by atoms with Crippen LogP contribution in [0.5, 0.6) is 5.75 Å². The first-order chi connectivity index (χ1) is 14.6. The minimum atomic E-state index is -0.565. The van der Waals surface area contributed by atoms with Gasteiger partial charge in [-0.25, -0.2) is 0 Å². The van der Waals surface area contributed by atoms with Gasteiger partial charge in [0.1, 0.15) is 22.6 Å². The van der Waals surface area contributed by atoms with Crippen molar-refractivity contribution in [2.45, 2.75) is 70.3 Å². The molecule has 158 valence electrons. The Morgan fingerprint density at radius 1 is 1.17 bits per heavy atom. The minimum Gasteiger partial charge on any atom is -0.484 e. The Balaban J connectivity index is 1.29. The van der Waals surface area contributed by atoms with Crippen LogP contribution in [-0.4, -0.2) is 22.7 Å². The van der Waals surface area contributed by atoms with Crippen LogP contribution in [0.3, 0.4) is 0 Å². The molecule has 2 heterocycles. The van der Waals surface area contributed by atoms with Gasteiger partial charge in [-0.15, -0.1) is 0 Å². The molecular formula is C23H27N3O4. The Morgan fingerprint density at radius 3 is 2.80 bits per heavy atom. The standard InChI is InChI=1S/C23H27N3O4/c1-15-24-22(26-30-15)23(11-5-2-6-12-23)25-21(27)14-28-16-9-10-20-18(13-16)17-7-3-4-8-19(17)29-20/h9-10,13H,2-8,11-12,14H2,1H3,(H,25,27). The van der Waals surface area contributed by atoms with Gasteiger partial charge in [-0.1, -0.05) is 24.4 Å². The molecule has 0 bridgehead atoms. The van der Waals surface area contributed by atoms with Crippen molar-refractivity contribution in [3.05, 3.63) is 41.2 Å². The number of furan rings is 1. The highest BCUT2D eigenvalue weighted by Crippen LogP contribution is 2.36. The van der Waals surface area contributed by atoms with Crippen molar-refractivity contribution in [1.82, 2.24) is 15.5 Å². The van der Waals surface area contributed by atoms with E-state index in [0.717, 1.165) is 61.7 Å². The third-order valence-electron chi connectivity index (χ3n) is 6.34. The first kappa shape index (κ1) is 19.2. The lowest BCUT2D eigenvalue weighted by Crippen LogP contribution is -2.49. The van der Waals surface area contributed by atoms with E-state index in [1.165, 1.54) is 18.4 Å². The van der Waals surface area contributed by atoms with E-state index < -0.39 is 5.54 Å². The fourth-order valence-electron chi connectivity index (χ4n) is 4.84. The van der Waals surface area contributed by atoms with Gasteiger partial charge >= 0.3 is 0 Å². The van der Waals surface area contributed by atoms with E-state index in [0.29, 0.717) is 17.5 Å². The maximum absolute atomic E-state index is 12.8. The Bertz CT molecular complexity index is 1060. The summed E-state index contributed by atoms with van der Waals surface area (Å²) in [5, 5.41) is 8.35. The van der Waals surface area contributed by atoms with Crippen molar-refractivity contribution in [2.24, 2.45) is 0 Å². The molecule has 3 aromatic rings. The SMILES string of the molecule is Cc1nc(C2(NC(=O)COc3ccc4oc5c(c4c3)CCCC5)CCCCC2)no1. The number of carbonyl (C=O) groups excluding carboxylic acids is 1. The number of amides is 1. The number of rotatable bonds is 5. The number of aromatic nitrogens is 2. The molecule has 1 fully saturated rings. The van der Waals surface area contributed by atoms with Gasteiger partial charge in [0.2, 0.25) is 5.89 Å². The summed E-state index contributed by atoms with van der Waals surface area (Å²) in [5.74, 6) is 2.69. The molecule has 0 unspecified atom stereocenters. The molecule has 0 radical (unpaired) electrons. The maximum Gasteiger partial charge on any atom is 0.258 e. The second-order valence-electron chi connectivity index (χ2n) is 8.49. The first-order valence-electron chi connectivity index (χ1n) is 10.9. The molecule has 7 heteroatoms. The summed E-state index contributed by atoms with van der Waals surface area (Å²) < 4.78 is 17.0. The summed E-state index contributed by atoms with van der Waals surface area (Å²) >= 11 is 0. The van der Waals surface area contributed by atoms with E-state index >= 15 is 0 Å². The second-order valence-corrected chi connectivity index (χ2v) is 8.49. The minimum absolute atomic E-state index is 0.0515. The number of nitrogens with one attached hydrogen (secondary N) is 1. The van der Waals surface area contributed by atoms with Gasteiger partial charge < -0.3 is 19.0 Å². The zero-order chi connectivity index (χ0) is 20.6. The number of aryl methyl sites for hydroxylation is 3. The number of nitrogens with zero attached hydrogens (tertiary/aromatic N) is 2. The molecule has 0 aliphatic heterocycles. The molecule has 1 saturated carbocycles. The number of benzene rings is 1. The summed E-state index contributed by atoms with van der Waals surface area (Å²) in [6, 6.07) is 5.80. The van der Waals surface area contributed by atoms with Gasteiger partial charge in [-0.2, -0.15) is 4.98 Å². The fraction of sp³-hybridized carbons (Fsp3) is 0.522. The zero-order valence-electron chi connectivity index (χ0n) is 17.3. The van der Waals surface area contributed by atoms with E-state index in [2.05, 4.69) is 15.5 Å². The van der Waals surface area contributed by atoms with Gasteiger partial charge in [-0.3, -0.25) is 4.79 Å². The lowest BCUT2D eigenvalue weighted by molar-refractivity contribution is -0.125. The van der Waals surface area contributed by atoms with E-state index in [1.54, 1.807) is 6.92 Å². The van der Waals surface area contributed by atoms with Crippen LogP contribution in [0.2, 0.25) is 0 Å². The second kappa shape index (κ2) is 7.78. The average Bonchev–Trinajstić information content (AvgIpc) is 3.36. The van der Waals surface area contributed by atoms with Crippen LogP contribution in [0, 0.1) is 6.92 Å². The smallest absolute Gasteiger partial charge is 0.258 e. The highest BCUT2D eigenvalue weighted by atomic mass is 16.5. The largest absolute Gasteiger partial charge is 0.484 e. The molecule has 0 atom stereocenters. The van der Waals surface area contributed by atoms with Crippen LogP contribution in [0.1, 0.15) is 68.0 Å². The average molecular weight is 409 g/mol. The zero-order valence-corrected chi connectivity index (χ0v) is 17.3. The van der Waals surface area contributed by atoms with E-state index in [1.807, 2.05) is 18.2 Å². The van der Waals surface area contributed by atoms with Crippen molar-refractivity contribution in [3.8, 4) is 5.75 Å². The fourth-order valence-corrected chi connectivity index (χ4v) is 4.84. The lowest BCUT2D eigenvalue weighted by atomic mass is 9.81. The molecule has 1 amide bonds. The molecule has 30 heavy (non-hydrogen) atoms. The summed E-state index contributed by atoms with van der Waals surface area (Å²) in [6.45, 7) is 1.72. The monoisotopic (exact) mass is 409 g/mol. The lowest BCUT2D eigenvalue weighted by Gasteiger charge is -2.35. The number of ether oxygens (including phenoxy) is 1. The molecule has 0 saturated heterocycles. The quantitative estimate of drug-likeness (QED) is 0.673. The predicted molar refractivity (Wildman–Crippen MR) is 110 cm³/mol. The van der Waals surface area contributed by atoms with Crippen molar-refractivity contribution in [3.63, 3.8) is 0 Å². The van der Waals surface area contributed by atoms with Crippen LogP contribution in [-0.2, 0) is 23.2 Å². The van der Waals surface area contributed by atoms with Crippen molar-refractivity contribution >= 4 is 16.9 Å². The Kier molecular flexibility index (Phi) is 4.97. The van der Waals surface area contributed by atoms with Crippen LogP contribution in [0.4, 0.5) is 0 Å². The molecular weight excluding hydrogens is 382 g/mol. The van der Waals surface area contributed by atoms with Crippen molar-refractivity contribution in [2.75, 3.05) is 6.61 Å². The maximum atomic E-state index is 12.8. The van der Waals surface area contributed by atoms with Gasteiger partial charge in [0.05, 0.1) is 0 Å². The number of fused-ring (bicyclic) bond motifs is 3. The predicted octanol–water partition coefficient (Wildman–Crippen LogP) is 4.36.